The molecule has 196 valence electrons. The van der Waals surface area contributed by atoms with Gasteiger partial charge in [0.05, 0.1) is 20.6 Å². The van der Waals surface area contributed by atoms with Crippen molar-refractivity contribution in [2.24, 2.45) is 0 Å². The number of anilines is 2. The third-order valence-corrected chi connectivity index (χ3v) is 6.19. The molecule has 3 N–H and O–H groups in total. The van der Waals surface area contributed by atoms with E-state index in [4.69, 9.17) is 9.47 Å². The maximum absolute atomic E-state index is 13.5. The zero-order valence-electron chi connectivity index (χ0n) is 21.7. The normalized spacial score (nSPS) is 11.5. The van der Waals surface area contributed by atoms with Crippen LogP contribution in [0.15, 0.2) is 72.8 Å². The minimum absolute atomic E-state index is 0.276. The molecule has 0 aliphatic carbocycles. The van der Waals surface area contributed by atoms with Gasteiger partial charge in [0, 0.05) is 23.6 Å². The highest BCUT2D eigenvalue weighted by Gasteiger charge is 2.28. The lowest BCUT2D eigenvalue weighted by Crippen LogP contribution is -2.47. The Labute approximate surface area is 220 Å². The van der Waals surface area contributed by atoms with Crippen LogP contribution < -0.4 is 25.0 Å². The Morgan fingerprint density at radius 2 is 1.55 bits per heavy atom. The van der Waals surface area contributed by atoms with E-state index in [1.165, 1.54) is 19.1 Å². The first-order valence-corrected chi connectivity index (χ1v) is 12.0. The number of carbonyl (C=O) groups is 3. The van der Waals surface area contributed by atoms with Crippen LogP contribution in [-0.4, -0.2) is 50.0 Å². The van der Waals surface area contributed by atoms with Crippen molar-refractivity contribution in [3.63, 3.8) is 0 Å². The number of ether oxygens (including phenoxy) is 2. The molecule has 9 heteroatoms. The number of methoxy groups -OCH3 is 2. The van der Waals surface area contributed by atoms with Crippen molar-refractivity contribution in [1.29, 1.82) is 0 Å². The summed E-state index contributed by atoms with van der Waals surface area (Å²) in [7, 11) is 4.59. The van der Waals surface area contributed by atoms with Gasteiger partial charge in [0.25, 0.3) is 5.91 Å². The summed E-state index contributed by atoms with van der Waals surface area (Å²) >= 11 is 0. The highest BCUT2D eigenvalue weighted by molar-refractivity contribution is 6.06. The fraction of sp³-hybridized carbons (Fsp3) is 0.207. The van der Waals surface area contributed by atoms with E-state index in [9.17, 15) is 14.4 Å². The van der Waals surface area contributed by atoms with Gasteiger partial charge in [-0.1, -0.05) is 36.4 Å². The van der Waals surface area contributed by atoms with Crippen LogP contribution in [0.3, 0.4) is 0 Å². The number of rotatable bonds is 9. The molecule has 1 unspecified atom stereocenters. The van der Waals surface area contributed by atoms with E-state index < -0.39 is 17.9 Å². The molecule has 1 heterocycles. The van der Waals surface area contributed by atoms with Gasteiger partial charge in [-0.3, -0.25) is 14.4 Å². The Balaban J connectivity index is 1.62. The largest absolute Gasteiger partial charge is 0.494 e. The number of para-hydroxylation sites is 2. The minimum Gasteiger partial charge on any atom is -0.494 e. The molecule has 4 aromatic rings. The predicted octanol–water partition coefficient (Wildman–Crippen LogP) is 4.28. The van der Waals surface area contributed by atoms with Crippen molar-refractivity contribution in [3.05, 3.63) is 84.1 Å². The van der Waals surface area contributed by atoms with Gasteiger partial charge in [-0.15, -0.1) is 0 Å². The number of amides is 3. The summed E-state index contributed by atoms with van der Waals surface area (Å²) in [5, 5.41) is 6.37. The Hall–Kier alpha value is -4.79. The number of hydrogen-bond donors (Lipinski definition) is 3. The van der Waals surface area contributed by atoms with Crippen LogP contribution in [0.4, 0.5) is 11.4 Å². The summed E-state index contributed by atoms with van der Waals surface area (Å²) in [6.45, 7) is 1.87. The number of fused-ring (bicyclic) bond motifs is 1. The number of carbonyl (C=O) groups excluding carboxylic acids is 3. The molecule has 4 rings (SSSR count). The van der Waals surface area contributed by atoms with Crippen LogP contribution in [0.5, 0.6) is 11.5 Å². The van der Waals surface area contributed by atoms with Crippen LogP contribution in [0, 0.1) is 6.92 Å². The third kappa shape index (κ3) is 5.78. The summed E-state index contributed by atoms with van der Waals surface area (Å²) in [6, 6.07) is 20.5. The fourth-order valence-corrected chi connectivity index (χ4v) is 4.12. The highest BCUT2D eigenvalue weighted by atomic mass is 16.5. The van der Waals surface area contributed by atoms with Gasteiger partial charge in [0.15, 0.2) is 0 Å². The molecule has 0 fully saturated rings. The number of aromatic nitrogens is 1. The number of H-pyrrole nitrogens is 1. The lowest BCUT2D eigenvalue weighted by Gasteiger charge is -2.23. The Kier molecular flexibility index (Phi) is 7.96. The Morgan fingerprint density at radius 3 is 2.18 bits per heavy atom. The van der Waals surface area contributed by atoms with Gasteiger partial charge in [0.1, 0.15) is 28.9 Å². The third-order valence-electron chi connectivity index (χ3n) is 6.19. The highest BCUT2D eigenvalue weighted by Crippen LogP contribution is 2.36. The molecule has 1 aromatic heterocycles. The van der Waals surface area contributed by atoms with Crippen molar-refractivity contribution in [2.75, 3.05) is 31.5 Å². The Bertz CT molecular complexity index is 1410. The second-order valence-electron chi connectivity index (χ2n) is 8.82. The van der Waals surface area contributed by atoms with Crippen LogP contribution in [0.25, 0.3) is 10.9 Å². The number of benzene rings is 3. The average molecular weight is 515 g/mol. The number of nitrogens with one attached hydrogen (secondary N) is 3. The first-order valence-electron chi connectivity index (χ1n) is 12.0. The number of nitrogens with zero attached hydrogens (tertiary/aromatic N) is 1. The maximum atomic E-state index is 13.5. The van der Waals surface area contributed by atoms with Gasteiger partial charge in [0.2, 0.25) is 11.8 Å². The zero-order chi connectivity index (χ0) is 27.2. The van der Waals surface area contributed by atoms with E-state index in [1.807, 2.05) is 49.4 Å². The molecule has 0 spiro atoms. The molecule has 38 heavy (non-hydrogen) atoms. The van der Waals surface area contributed by atoms with Crippen LogP contribution in [0.1, 0.15) is 22.5 Å². The second-order valence-corrected chi connectivity index (χ2v) is 8.82. The fourth-order valence-electron chi connectivity index (χ4n) is 4.12. The van der Waals surface area contributed by atoms with Gasteiger partial charge >= 0.3 is 0 Å². The van der Waals surface area contributed by atoms with Gasteiger partial charge < -0.3 is 30.0 Å². The van der Waals surface area contributed by atoms with Gasteiger partial charge in [-0.2, -0.15) is 0 Å². The van der Waals surface area contributed by atoms with E-state index in [0.717, 1.165) is 16.5 Å². The molecule has 0 saturated heterocycles. The summed E-state index contributed by atoms with van der Waals surface area (Å²) in [5.74, 6) is -0.674. The number of aromatic amines is 1. The van der Waals surface area contributed by atoms with E-state index >= 15 is 0 Å². The van der Waals surface area contributed by atoms with Crippen LogP contribution >= 0.6 is 0 Å². The van der Waals surface area contributed by atoms with Crippen molar-refractivity contribution in [1.82, 2.24) is 10.3 Å². The van der Waals surface area contributed by atoms with E-state index in [1.54, 1.807) is 37.4 Å². The summed E-state index contributed by atoms with van der Waals surface area (Å²) in [6.07, 6.45) is -0.278. The molecular formula is C29H30N4O5. The molecule has 0 aliphatic rings. The lowest BCUT2D eigenvalue weighted by molar-refractivity contribution is -0.124. The molecule has 0 saturated carbocycles. The topological polar surface area (TPSA) is 113 Å². The smallest absolute Gasteiger partial charge is 0.268 e. The van der Waals surface area contributed by atoms with E-state index in [0.29, 0.717) is 22.9 Å². The molecule has 1 atom stereocenters. The first-order chi connectivity index (χ1) is 18.3. The monoisotopic (exact) mass is 514 g/mol. The molecule has 3 aromatic carbocycles. The van der Waals surface area contributed by atoms with Crippen LogP contribution in [0.2, 0.25) is 0 Å². The SMILES string of the molecule is COc1cc(C)cc(OC)c1NC(=O)C(CC(=O)N(C)c1ccccc1)NC(=O)c1cc2ccccc2[nH]1. The predicted molar refractivity (Wildman–Crippen MR) is 147 cm³/mol. The molecule has 0 radical (unpaired) electrons. The van der Waals surface area contributed by atoms with Crippen molar-refractivity contribution in [2.45, 2.75) is 19.4 Å². The maximum Gasteiger partial charge on any atom is 0.268 e. The zero-order valence-corrected chi connectivity index (χ0v) is 21.7. The van der Waals surface area contributed by atoms with Crippen LogP contribution in [-0.2, 0) is 9.59 Å². The molecule has 3 amide bonds. The number of aryl methyl sites for hydroxylation is 1. The molecular weight excluding hydrogens is 484 g/mol. The first kappa shape index (κ1) is 26.3. The van der Waals surface area contributed by atoms with Gasteiger partial charge in [-0.25, -0.2) is 0 Å². The standard InChI is InChI=1S/C29H30N4O5/c1-18-14-24(37-3)27(25(15-18)38-4)32-29(36)23(17-26(34)33(2)20-11-6-5-7-12-20)31-28(35)22-16-19-10-8-9-13-21(19)30-22/h5-16,23,30H,17H2,1-4H3,(H,31,35)(H,32,36). The quantitative estimate of drug-likeness (QED) is 0.309. The molecule has 0 bridgehead atoms. The molecule has 0 aliphatic heterocycles. The minimum atomic E-state index is -1.19. The van der Waals surface area contributed by atoms with E-state index in [2.05, 4.69) is 15.6 Å². The van der Waals surface area contributed by atoms with Crippen molar-refractivity contribution < 1.29 is 23.9 Å². The molecule has 9 nitrogen and oxygen atoms in total. The Morgan fingerprint density at radius 1 is 0.921 bits per heavy atom. The average Bonchev–Trinajstić information content (AvgIpc) is 3.37. The summed E-state index contributed by atoms with van der Waals surface area (Å²) < 4.78 is 10.9. The second kappa shape index (κ2) is 11.5. The van der Waals surface area contributed by atoms with Crippen molar-refractivity contribution in [3.8, 4) is 11.5 Å². The van der Waals surface area contributed by atoms with E-state index in [-0.39, 0.29) is 18.0 Å². The lowest BCUT2D eigenvalue weighted by atomic mass is 10.1. The van der Waals surface area contributed by atoms with Crippen molar-refractivity contribution >= 4 is 40.0 Å². The summed E-state index contributed by atoms with van der Waals surface area (Å²) in [5.41, 5.74) is 2.91. The summed E-state index contributed by atoms with van der Waals surface area (Å²) in [4.78, 5) is 44.4. The number of hydrogen-bond acceptors (Lipinski definition) is 5. The van der Waals surface area contributed by atoms with Gasteiger partial charge in [-0.05, 0) is 48.9 Å².